The minimum absolute atomic E-state index is 0.00627. The lowest BCUT2D eigenvalue weighted by atomic mass is 10.0. The monoisotopic (exact) mass is 199 g/mol. The Morgan fingerprint density at radius 2 is 2.21 bits per heavy atom. The lowest BCUT2D eigenvalue weighted by Crippen LogP contribution is -2.42. The summed E-state index contributed by atoms with van der Waals surface area (Å²) in [7, 11) is 3.52. The summed E-state index contributed by atoms with van der Waals surface area (Å²) in [6.45, 7) is 1.98. The number of carbonyl (C=O) groups is 1. The molecule has 0 spiro atoms. The van der Waals surface area contributed by atoms with Crippen molar-refractivity contribution in [3.8, 4) is 0 Å². The number of carbonyl (C=O) groups excluding carboxylic acids is 1. The molecule has 1 aliphatic heterocycles. The van der Waals surface area contributed by atoms with E-state index in [0.717, 1.165) is 19.0 Å². The Labute approximate surface area is 86.0 Å². The predicted molar refractivity (Wildman–Crippen MR) is 57.3 cm³/mol. The van der Waals surface area contributed by atoms with Gasteiger partial charge in [0.1, 0.15) is 0 Å². The van der Waals surface area contributed by atoms with Crippen molar-refractivity contribution in [1.29, 1.82) is 0 Å². The van der Waals surface area contributed by atoms with Crippen LogP contribution in [0.25, 0.3) is 0 Å². The summed E-state index contributed by atoms with van der Waals surface area (Å²) in [5, 5.41) is 6.23. The van der Waals surface area contributed by atoms with Crippen molar-refractivity contribution in [2.75, 3.05) is 27.2 Å². The first-order valence-electron chi connectivity index (χ1n) is 5.38. The van der Waals surface area contributed by atoms with Gasteiger partial charge in [0.15, 0.2) is 0 Å². The third kappa shape index (κ3) is 3.96. The van der Waals surface area contributed by atoms with Gasteiger partial charge in [0, 0.05) is 26.7 Å². The molecule has 1 unspecified atom stereocenters. The predicted octanol–water partition coefficient (Wildman–Crippen LogP) is 0.790. The fourth-order valence-corrected chi connectivity index (χ4v) is 1.46. The molecule has 0 aromatic rings. The van der Waals surface area contributed by atoms with Crippen molar-refractivity contribution < 1.29 is 4.79 Å². The third-order valence-electron chi connectivity index (χ3n) is 2.59. The van der Waals surface area contributed by atoms with Gasteiger partial charge in [0.25, 0.3) is 0 Å². The lowest BCUT2D eigenvalue weighted by molar-refractivity contribution is 0.217. The largest absolute Gasteiger partial charge is 0.338 e. The summed E-state index contributed by atoms with van der Waals surface area (Å²) in [4.78, 5) is 12.7. The van der Waals surface area contributed by atoms with Crippen LogP contribution in [0.3, 0.4) is 0 Å². The van der Waals surface area contributed by atoms with Crippen LogP contribution in [0.5, 0.6) is 0 Å². The molecule has 2 amide bonds. The maximum absolute atomic E-state index is 11.1. The first-order valence-corrected chi connectivity index (χ1v) is 5.38. The highest BCUT2D eigenvalue weighted by Crippen LogP contribution is 2.09. The van der Waals surface area contributed by atoms with E-state index in [1.165, 1.54) is 25.8 Å². The number of unbranched alkanes of at least 4 members (excludes halogenated alkanes) is 1. The van der Waals surface area contributed by atoms with Crippen molar-refractivity contribution in [2.24, 2.45) is 0 Å². The summed E-state index contributed by atoms with van der Waals surface area (Å²) in [5.41, 5.74) is 0. The fourth-order valence-electron chi connectivity index (χ4n) is 1.46. The second-order valence-electron chi connectivity index (χ2n) is 4.06. The average molecular weight is 199 g/mol. The zero-order valence-corrected chi connectivity index (χ0v) is 9.18. The SMILES string of the molecule is CN(C)C(=O)NCCCCC1CCN1. The Hall–Kier alpha value is -0.770. The molecule has 1 aliphatic rings. The third-order valence-corrected chi connectivity index (χ3v) is 2.59. The summed E-state index contributed by atoms with van der Waals surface area (Å²) < 4.78 is 0. The van der Waals surface area contributed by atoms with Gasteiger partial charge < -0.3 is 15.5 Å². The zero-order valence-electron chi connectivity index (χ0n) is 9.18. The van der Waals surface area contributed by atoms with Crippen molar-refractivity contribution in [3.05, 3.63) is 0 Å². The molecule has 2 N–H and O–H groups in total. The van der Waals surface area contributed by atoms with E-state index in [-0.39, 0.29) is 6.03 Å². The molecule has 4 heteroatoms. The van der Waals surface area contributed by atoms with E-state index in [0.29, 0.717) is 0 Å². The van der Waals surface area contributed by atoms with Gasteiger partial charge in [-0.25, -0.2) is 4.79 Å². The van der Waals surface area contributed by atoms with E-state index < -0.39 is 0 Å². The highest BCUT2D eigenvalue weighted by atomic mass is 16.2. The van der Waals surface area contributed by atoms with Crippen molar-refractivity contribution >= 4 is 6.03 Å². The van der Waals surface area contributed by atoms with Crippen LogP contribution in [0, 0.1) is 0 Å². The molecular formula is C10H21N3O. The number of rotatable bonds is 5. The van der Waals surface area contributed by atoms with E-state index in [4.69, 9.17) is 0 Å². The minimum atomic E-state index is 0.00627. The van der Waals surface area contributed by atoms with E-state index in [9.17, 15) is 4.79 Å². The van der Waals surface area contributed by atoms with Crippen LogP contribution in [0.4, 0.5) is 4.79 Å². The maximum atomic E-state index is 11.1. The molecule has 0 aromatic heterocycles. The summed E-state index contributed by atoms with van der Waals surface area (Å²) in [5.74, 6) is 0. The van der Waals surface area contributed by atoms with Crippen LogP contribution in [-0.4, -0.2) is 44.2 Å². The first kappa shape index (κ1) is 11.3. The molecule has 0 radical (unpaired) electrons. The molecule has 1 heterocycles. The van der Waals surface area contributed by atoms with Gasteiger partial charge in [0.05, 0.1) is 0 Å². The Kier molecular flexibility index (Phi) is 4.73. The molecule has 0 aromatic carbocycles. The summed E-state index contributed by atoms with van der Waals surface area (Å²) >= 11 is 0. The van der Waals surface area contributed by atoms with Gasteiger partial charge in [-0.1, -0.05) is 6.42 Å². The van der Waals surface area contributed by atoms with Gasteiger partial charge in [-0.05, 0) is 25.8 Å². The molecule has 1 saturated heterocycles. The van der Waals surface area contributed by atoms with Gasteiger partial charge in [0.2, 0.25) is 0 Å². The smallest absolute Gasteiger partial charge is 0.316 e. The van der Waals surface area contributed by atoms with Gasteiger partial charge in [-0.2, -0.15) is 0 Å². The molecule has 0 saturated carbocycles. The van der Waals surface area contributed by atoms with Crippen LogP contribution in [0.1, 0.15) is 25.7 Å². The molecule has 82 valence electrons. The lowest BCUT2D eigenvalue weighted by Gasteiger charge is -2.27. The molecule has 0 bridgehead atoms. The second-order valence-corrected chi connectivity index (χ2v) is 4.06. The van der Waals surface area contributed by atoms with Gasteiger partial charge in [-0.3, -0.25) is 0 Å². The quantitative estimate of drug-likeness (QED) is 0.643. The van der Waals surface area contributed by atoms with Crippen molar-refractivity contribution in [2.45, 2.75) is 31.7 Å². The highest BCUT2D eigenvalue weighted by Gasteiger charge is 2.14. The van der Waals surface area contributed by atoms with Crippen molar-refractivity contribution in [3.63, 3.8) is 0 Å². The Balaban J connectivity index is 1.86. The van der Waals surface area contributed by atoms with Crippen LogP contribution in [0.15, 0.2) is 0 Å². The molecule has 0 aliphatic carbocycles. The molecule has 1 fully saturated rings. The standard InChI is InChI=1S/C10H21N3O/c1-13(2)10(14)12-7-4-3-5-9-6-8-11-9/h9,11H,3-8H2,1-2H3,(H,12,14). The second kappa shape index (κ2) is 5.86. The minimum Gasteiger partial charge on any atom is -0.338 e. The van der Waals surface area contributed by atoms with Crippen LogP contribution >= 0.6 is 0 Å². The normalized spacial score (nSPS) is 20.0. The number of hydrogen-bond acceptors (Lipinski definition) is 2. The number of amides is 2. The van der Waals surface area contributed by atoms with Gasteiger partial charge >= 0.3 is 6.03 Å². The average Bonchev–Trinajstić information content (AvgIpc) is 2.07. The maximum Gasteiger partial charge on any atom is 0.316 e. The van der Waals surface area contributed by atoms with Crippen LogP contribution in [0.2, 0.25) is 0 Å². The zero-order chi connectivity index (χ0) is 10.4. The van der Waals surface area contributed by atoms with Gasteiger partial charge in [-0.15, -0.1) is 0 Å². The van der Waals surface area contributed by atoms with Crippen molar-refractivity contribution in [1.82, 2.24) is 15.5 Å². The van der Waals surface area contributed by atoms with E-state index in [1.54, 1.807) is 19.0 Å². The number of urea groups is 1. The van der Waals surface area contributed by atoms with Crippen LogP contribution < -0.4 is 10.6 Å². The number of hydrogen-bond donors (Lipinski definition) is 2. The van der Waals surface area contributed by atoms with E-state index in [2.05, 4.69) is 10.6 Å². The highest BCUT2D eigenvalue weighted by molar-refractivity contribution is 5.73. The topological polar surface area (TPSA) is 44.4 Å². The van der Waals surface area contributed by atoms with E-state index >= 15 is 0 Å². The Morgan fingerprint density at radius 3 is 2.71 bits per heavy atom. The summed E-state index contributed by atoms with van der Waals surface area (Å²) in [6.07, 6.45) is 4.85. The Morgan fingerprint density at radius 1 is 1.50 bits per heavy atom. The molecular weight excluding hydrogens is 178 g/mol. The number of nitrogens with one attached hydrogen (secondary N) is 2. The van der Waals surface area contributed by atoms with E-state index in [1.807, 2.05) is 0 Å². The number of nitrogens with zero attached hydrogens (tertiary/aromatic N) is 1. The fraction of sp³-hybridized carbons (Fsp3) is 0.900. The molecule has 1 atom stereocenters. The first-order chi connectivity index (χ1) is 6.70. The molecule has 14 heavy (non-hydrogen) atoms. The molecule has 4 nitrogen and oxygen atoms in total. The Bertz CT molecular complexity index is 178. The van der Waals surface area contributed by atoms with Crippen LogP contribution in [-0.2, 0) is 0 Å². The molecule has 1 rings (SSSR count). The summed E-state index contributed by atoms with van der Waals surface area (Å²) in [6, 6.07) is 0.756.